The van der Waals surface area contributed by atoms with Crippen molar-refractivity contribution < 1.29 is 0 Å². The number of nitrogens with one attached hydrogen (secondary N) is 2. The summed E-state index contributed by atoms with van der Waals surface area (Å²) in [5.41, 5.74) is 2.62. The summed E-state index contributed by atoms with van der Waals surface area (Å²) in [6.45, 7) is 6.36. The van der Waals surface area contributed by atoms with Crippen LogP contribution in [0.5, 0.6) is 0 Å². The first kappa shape index (κ1) is 18.3. The van der Waals surface area contributed by atoms with Crippen LogP contribution in [-0.4, -0.2) is 42.2 Å². The van der Waals surface area contributed by atoms with Crippen LogP contribution >= 0.6 is 0 Å². The summed E-state index contributed by atoms with van der Waals surface area (Å²) in [5, 5.41) is 6.89. The summed E-state index contributed by atoms with van der Waals surface area (Å²) in [4.78, 5) is 10.9. The van der Waals surface area contributed by atoms with E-state index >= 15 is 0 Å². The van der Waals surface area contributed by atoms with Crippen LogP contribution in [0, 0.1) is 0 Å². The molecule has 1 aliphatic rings. The minimum absolute atomic E-state index is 0.206. The minimum atomic E-state index is 0.206. The van der Waals surface area contributed by atoms with Gasteiger partial charge in [-0.1, -0.05) is 12.1 Å². The fraction of sp³-hybridized carbons (Fsp3) is 0.500. The van der Waals surface area contributed by atoms with E-state index in [1.165, 1.54) is 37.2 Å². The average Bonchev–Trinajstić information content (AvgIpc) is 3.38. The van der Waals surface area contributed by atoms with E-state index in [-0.39, 0.29) is 6.04 Å². The number of rotatable bonds is 7. The Bertz CT molecular complexity index is 688. The molecule has 1 aromatic carbocycles. The van der Waals surface area contributed by atoms with E-state index in [0.717, 1.165) is 25.5 Å². The number of benzene rings is 1. The van der Waals surface area contributed by atoms with Crippen molar-refractivity contribution in [3.63, 3.8) is 0 Å². The highest BCUT2D eigenvalue weighted by Gasteiger charge is 2.14. The Hall–Kier alpha value is -2.50. The lowest BCUT2D eigenvalue weighted by Crippen LogP contribution is -2.39. The summed E-state index contributed by atoms with van der Waals surface area (Å²) in [6.07, 6.45) is 9.27. The fourth-order valence-electron chi connectivity index (χ4n) is 3.34. The van der Waals surface area contributed by atoms with Crippen LogP contribution < -0.4 is 15.5 Å². The lowest BCUT2D eigenvalue weighted by molar-refractivity contribution is 0.616. The SMILES string of the molecule is CN=C(NCCCn1ccnc1)NC(C)c1cccc(N2CCCC2)c1. The van der Waals surface area contributed by atoms with Gasteiger partial charge in [-0.15, -0.1) is 0 Å². The summed E-state index contributed by atoms with van der Waals surface area (Å²) in [5.74, 6) is 0.842. The molecule has 0 bridgehead atoms. The molecule has 0 saturated carbocycles. The topological polar surface area (TPSA) is 57.5 Å². The molecule has 1 aliphatic heterocycles. The summed E-state index contributed by atoms with van der Waals surface area (Å²) < 4.78 is 2.09. The molecule has 2 heterocycles. The first-order valence-corrected chi connectivity index (χ1v) is 9.54. The lowest BCUT2D eigenvalue weighted by atomic mass is 10.1. The Morgan fingerprint density at radius 2 is 2.15 bits per heavy atom. The predicted octanol–water partition coefficient (Wildman–Crippen LogP) is 2.80. The van der Waals surface area contributed by atoms with Gasteiger partial charge in [0, 0.05) is 51.3 Å². The van der Waals surface area contributed by atoms with Crippen LogP contribution in [-0.2, 0) is 6.54 Å². The maximum Gasteiger partial charge on any atom is 0.191 e. The molecule has 2 N–H and O–H groups in total. The Balaban J connectivity index is 1.49. The van der Waals surface area contributed by atoms with Gasteiger partial charge in [-0.05, 0) is 43.9 Å². The standard InChI is InChI=1S/C20H30N6/c1-17(18-7-5-8-19(15-18)26-12-3-4-13-26)24-20(21-2)23-9-6-11-25-14-10-22-16-25/h5,7-8,10,14-17H,3-4,6,9,11-13H2,1-2H3,(H2,21,23,24). The maximum absolute atomic E-state index is 4.35. The number of anilines is 1. The van der Waals surface area contributed by atoms with Gasteiger partial charge < -0.3 is 20.1 Å². The fourth-order valence-corrected chi connectivity index (χ4v) is 3.34. The molecule has 2 aromatic rings. The van der Waals surface area contributed by atoms with Crippen molar-refractivity contribution in [1.82, 2.24) is 20.2 Å². The van der Waals surface area contributed by atoms with E-state index in [2.05, 4.69) is 61.3 Å². The molecule has 3 rings (SSSR count). The highest BCUT2D eigenvalue weighted by atomic mass is 15.2. The quantitative estimate of drug-likeness (QED) is 0.456. The second-order valence-corrected chi connectivity index (χ2v) is 6.81. The molecular formula is C20H30N6. The number of aromatic nitrogens is 2. The van der Waals surface area contributed by atoms with Crippen molar-refractivity contribution in [3.8, 4) is 0 Å². The molecule has 1 aromatic heterocycles. The molecule has 1 atom stereocenters. The van der Waals surface area contributed by atoms with Crippen LogP contribution in [0.3, 0.4) is 0 Å². The van der Waals surface area contributed by atoms with Crippen LogP contribution in [0.4, 0.5) is 5.69 Å². The predicted molar refractivity (Wildman–Crippen MR) is 108 cm³/mol. The van der Waals surface area contributed by atoms with Crippen molar-refractivity contribution in [2.45, 2.75) is 38.8 Å². The van der Waals surface area contributed by atoms with Crippen molar-refractivity contribution >= 4 is 11.6 Å². The highest BCUT2D eigenvalue weighted by Crippen LogP contribution is 2.23. The van der Waals surface area contributed by atoms with Crippen molar-refractivity contribution in [2.24, 2.45) is 4.99 Å². The van der Waals surface area contributed by atoms with Gasteiger partial charge in [0.15, 0.2) is 5.96 Å². The van der Waals surface area contributed by atoms with Crippen molar-refractivity contribution in [1.29, 1.82) is 0 Å². The van der Waals surface area contributed by atoms with E-state index in [0.29, 0.717) is 0 Å². The van der Waals surface area contributed by atoms with Gasteiger partial charge in [-0.3, -0.25) is 4.99 Å². The highest BCUT2D eigenvalue weighted by molar-refractivity contribution is 5.80. The Labute approximate surface area is 156 Å². The molecule has 1 saturated heterocycles. The number of hydrogen-bond acceptors (Lipinski definition) is 3. The number of nitrogens with zero attached hydrogens (tertiary/aromatic N) is 4. The number of aryl methyl sites for hydroxylation is 1. The third-order valence-electron chi connectivity index (χ3n) is 4.86. The molecule has 6 nitrogen and oxygen atoms in total. The molecule has 140 valence electrons. The second-order valence-electron chi connectivity index (χ2n) is 6.81. The lowest BCUT2D eigenvalue weighted by Gasteiger charge is -2.22. The summed E-state index contributed by atoms with van der Waals surface area (Å²) in [6, 6.07) is 9.06. The molecule has 0 spiro atoms. The first-order chi connectivity index (χ1) is 12.8. The van der Waals surface area contributed by atoms with E-state index in [4.69, 9.17) is 0 Å². The van der Waals surface area contributed by atoms with Gasteiger partial charge in [0.1, 0.15) is 0 Å². The Morgan fingerprint density at radius 3 is 2.88 bits per heavy atom. The molecule has 6 heteroatoms. The van der Waals surface area contributed by atoms with Gasteiger partial charge in [0.25, 0.3) is 0 Å². The van der Waals surface area contributed by atoms with Crippen molar-refractivity contribution in [3.05, 3.63) is 48.5 Å². The van der Waals surface area contributed by atoms with E-state index in [1.807, 2.05) is 25.8 Å². The Morgan fingerprint density at radius 1 is 1.31 bits per heavy atom. The monoisotopic (exact) mass is 354 g/mol. The van der Waals surface area contributed by atoms with Crippen LogP contribution in [0.15, 0.2) is 48.0 Å². The molecule has 0 aliphatic carbocycles. The Kier molecular flexibility index (Phi) is 6.52. The minimum Gasteiger partial charge on any atom is -0.372 e. The van der Waals surface area contributed by atoms with Gasteiger partial charge >= 0.3 is 0 Å². The molecule has 1 unspecified atom stereocenters. The molecule has 0 radical (unpaired) electrons. The second kappa shape index (κ2) is 9.27. The molecular weight excluding hydrogens is 324 g/mol. The van der Waals surface area contributed by atoms with Crippen LogP contribution in [0.2, 0.25) is 0 Å². The average molecular weight is 355 g/mol. The van der Waals surface area contributed by atoms with Gasteiger partial charge in [-0.2, -0.15) is 0 Å². The third-order valence-corrected chi connectivity index (χ3v) is 4.86. The summed E-state index contributed by atoms with van der Waals surface area (Å²) in [7, 11) is 1.82. The van der Waals surface area contributed by atoms with E-state index in [9.17, 15) is 0 Å². The maximum atomic E-state index is 4.35. The van der Waals surface area contributed by atoms with Gasteiger partial charge in [0.2, 0.25) is 0 Å². The zero-order valence-corrected chi connectivity index (χ0v) is 15.9. The number of guanidine groups is 1. The van der Waals surface area contributed by atoms with Gasteiger partial charge in [0.05, 0.1) is 12.4 Å². The van der Waals surface area contributed by atoms with E-state index in [1.54, 1.807) is 0 Å². The zero-order valence-electron chi connectivity index (χ0n) is 15.9. The number of hydrogen-bond donors (Lipinski definition) is 2. The zero-order chi connectivity index (χ0) is 18.2. The normalized spacial score (nSPS) is 15.9. The number of aliphatic imine (C=N–C) groups is 1. The first-order valence-electron chi connectivity index (χ1n) is 9.54. The largest absolute Gasteiger partial charge is 0.372 e. The summed E-state index contributed by atoms with van der Waals surface area (Å²) >= 11 is 0. The molecule has 26 heavy (non-hydrogen) atoms. The smallest absolute Gasteiger partial charge is 0.191 e. The number of imidazole rings is 1. The van der Waals surface area contributed by atoms with Crippen LogP contribution in [0.1, 0.15) is 37.8 Å². The molecule has 1 fully saturated rings. The van der Waals surface area contributed by atoms with Crippen LogP contribution in [0.25, 0.3) is 0 Å². The van der Waals surface area contributed by atoms with Crippen molar-refractivity contribution in [2.75, 3.05) is 31.6 Å². The third kappa shape index (κ3) is 5.00. The van der Waals surface area contributed by atoms with E-state index < -0.39 is 0 Å². The van der Waals surface area contributed by atoms with Gasteiger partial charge in [-0.25, -0.2) is 4.98 Å². The molecule has 0 amide bonds.